The highest BCUT2D eigenvalue weighted by atomic mass is 35.5. The summed E-state index contributed by atoms with van der Waals surface area (Å²) in [6.45, 7) is 5.20. The van der Waals surface area contributed by atoms with E-state index in [2.05, 4.69) is 32.1 Å². The minimum Gasteiger partial charge on any atom is -0.353 e. The molecular formula is C12H18ClN5. The largest absolute Gasteiger partial charge is 0.353 e. The van der Waals surface area contributed by atoms with Crippen molar-refractivity contribution in [1.29, 1.82) is 0 Å². The second-order valence-corrected chi connectivity index (χ2v) is 5.92. The molecule has 1 saturated carbocycles. The Balaban J connectivity index is 1.72. The van der Waals surface area contributed by atoms with Gasteiger partial charge in [0.25, 0.3) is 0 Å². The zero-order chi connectivity index (χ0) is 12.6. The lowest BCUT2D eigenvalue weighted by molar-refractivity contribution is 0.607. The number of nitrogens with zero attached hydrogens (tertiary/aromatic N) is 4. The van der Waals surface area contributed by atoms with Gasteiger partial charge in [0.05, 0.1) is 0 Å². The fourth-order valence-electron chi connectivity index (χ4n) is 2.16. The van der Waals surface area contributed by atoms with Crippen LogP contribution in [0.15, 0.2) is 0 Å². The Morgan fingerprint density at radius 2 is 1.94 bits per heavy atom. The first-order valence-electron chi connectivity index (χ1n) is 6.55. The average molecular weight is 268 g/mol. The maximum atomic E-state index is 5.97. The van der Waals surface area contributed by atoms with Crippen molar-refractivity contribution in [3.63, 3.8) is 0 Å². The molecule has 1 aliphatic heterocycles. The predicted octanol–water partition coefficient (Wildman–Crippen LogP) is 2.34. The summed E-state index contributed by atoms with van der Waals surface area (Å²) in [4.78, 5) is 15.0. The Morgan fingerprint density at radius 1 is 1.22 bits per heavy atom. The summed E-state index contributed by atoms with van der Waals surface area (Å²) in [5.41, 5.74) is 0.424. The van der Waals surface area contributed by atoms with Crippen LogP contribution < -0.4 is 10.2 Å². The van der Waals surface area contributed by atoms with E-state index in [4.69, 9.17) is 11.6 Å². The molecule has 1 N–H and O–H groups in total. The zero-order valence-electron chi connectivity index (χ0n) is 10.6. The predicted molar refractivity (Wildman–Crippen MR) is 72.1 cm³/mol. The minimum atomic E-state index is 0.273. The van der Waals surface area contributed by atoms with E-state index >= 15 is 0 Å². The lowest BCUT2D eigenvalue weighted by Crippen LogP contribution is -2.22. The van der Waals surface area contributed by atoms with Crippen molar-refractivity contribution < 1.29 is 0 Å². The van der Waals surface area contributed by atoms with Crippen molar-refractivity contribution in [2.45, 2.75) is 32.6 Å². The van der Waals surface area contributed by atoms with Crippen LogP contribution in [0.5, 0.6) is 0 Å². The van der Waals surface area contributed by atoms with Crippen LogP contribution in [-0.2, 0) is 0 Å². The molecular weight excluding hydrogens is 250 g/mol. The molecule has 5 nitrogen and oxygen atoms in total. The average Bonchev–Trinajstić information content (AvgIpc) is 2.88. The Labute approximate surface area is 112 Å². The second-order valence-electron chi connectivity index (χ2n) is 5.59. The molecule has 0 unspecified atom stereocenters. The number of nitrogens with one attached hydrogen (secondary N) is 1. The summed E-state index contributed by atoms with van der Waals surface area (Å²) in [7, 11) is 0. The fraction of sp³-hybridized carbons (Fsp3) is 0.750. The van der Waals surface area contributed by atoms with Gasteiger partial charge in [-0.3, -0.25) is 0 Å². The molecule has 0 aromatic carbocycles. The van der Waals surface area contributed by atoms with Crippen LogP contribution in [0.1, 0.15) is 32.6 Å². The molecule has 1 saturated heterocycles. The molecule has 3 rings (SSSR count). The Hall–Kier alpha value is -1.10. The van der Waals surface area contributed by atoms with Gasteiger partial charge in [0, 0.05) is 19.6 Å². The van der Waals surface area contributed by atoms with E-state index in [1.165, 1.54) is 25.7 Å². The molecule has 6 heteroatoms. The summed E-state index contributed by atoms with van der Waals surface area (Å²) in [6.07, 6.45) is 4.95. The highest BCUT2D eigenvalue weighted by Crippen LogP contribution is 2.44. The van der Waals surface area contributed by atoms with Crippen LogP contribution in [0.2, 0.25) is 5.28 Å². The van der Waals surface area contributed by atoms with Crippen molar-refractivity contribution in [3.05, 3.63) is 5.28 Å². The highest BCUT2D eigenvalue weighted by molar-refractivity contribution is 6.28. The van der Waals surface area contributed by atoms with E-state index in [9.17, 15) is 0 Å². The standard InChI is InChI=1S/C12H18ClN5/c1-12(4-5-12)8-14-10-15-9(13)16-11(17-10)18-6-2-3-7-18/h2-8H2,1H3,(H,14,15,16,17). The monoisotopic (exact) mass is 267 g/mol. The van der Waals surface area contributed by atoms with Gasteiger partial charge in [-0.25, -0.2) is 0 Å². The molecule has 1 aromatic rings. The van der Waals surface area contributed by atoms with Gasteiger partial charge < -0.3 is 10.2 Å². The van der Waals surface area contributed by atoms with E-state index in [1.807, 2.05) is 0 Å². The van der Waals surface area contributed by atoms with Crippen molar-refractivity contribution in [3.8, 4) is 0 Å². The third-order valence-corrected chi connectivity index (χ3v) is 3.93. The maximum Gasteiger partial charge on any atom is 0.231 e. The molecule has 98 valence electrons. The Kier molecular flexibility index (Phi) is 3.01. The zero-order valence-corrected chi connectivity index (χ0v) is 11.4. The maximum absolute atomic E-state index is 5.97. The van der Waals surface area contributed by atoms with Gasteiger partial charge in [0.15, 0.2) is 0 Å². The van der Waals surface area contributed by atoms with Crippen LogP contribution >= 0.6 is 11.6 Å². The minimum absolute atomic E-state index is 0.273. The third kappa shape index (κ3) is 2.66. The number of hydrogen-bond donors (Lipinski definition) is 1. The molecule has 2 aliphatic rings. The lowest BCUT2D eigenvalue weighted by atomic mass is 10.1. The van der Waals surface area contributed by atoms with E-state index < -0.39 is 0 Å². The first-order valence-corrected chi connectivity index (χ1v) is 6.93. The highest BCUT2D eigenvalue weighted by Gasteiger charge is 2.37. The number of halogens is 1. The van der Waals surface area contributed by atoms with Crippen LogP contribution in [0.3, 0.4) is 0 Å². The third-order valence-electron chi connectivity index (χ3n) is 3.76. The second kappa shape index (κ2) is 4.53. The molecule has 18 heavy (non-hydrogen) atoms. The molecule has 1 aliphatic carbocycles. The van der Waals surface area contributed by atoms with Gasteiger partial charge >= 0.3 is 0 Å². The first kappa shape index (κ1) is 12.0. The van der Waals surface area contributed by atoms with Gasteiger partial charge in [-0.05, 0) is 42.7 Å². The number of anilines is 2. The topological polar surface area (TPSA) is 53.9 Å². The number of rotatable bonds is 4. The van der Waals surface area contributed by atoms with Crippen molar-refractivity contribution in [2.75, 3.05) is 29.9 Å². The van der Waals surface area contributed by atoms with Crippen molar-refractivity contribution >= 4 is 23.5 Å². The first-order chi connectivity index (χ1) is 8.65. The molecule has 0 spiro atoms. The molecule has 0 amide bonds. The molecule has 0 atom stereocenters. The van der Waals surface area contributed by atoms with Gasteiger partial charge in [-0.2, -0.15) is 15.0 Å². The number of aromatic nitrogens is 3. The summed E-state index contributed by atoms with van der Waals surface area (Å²) in [5.74, 6) is 1.31. The van der Waals surface area contributed by atoms with Gasteiger partial charge in [-0.1, -0.05) is 6.92 Å². The van der Waals surface area contributed by atoms with Crippen molar-refractivity contribution in [2.24, 2.45) is 5.41 Å². The van der Waals surface area contributed by atoms with E-state index in [-0.39, 0.29) is 5.28 Å². The number of hydrogen-bond acceptors (Lipinski definition) is 5. The van der Waals surface area contributed by atoms with Crippen LogP contribution in [0.4, 0.5) is 11.9 Å². The van der Waals surface area contributed by atoms with Crippen molar-refractivity contribution in [1.82, 2.24) is 15.0 Å². The molecule has 1 aromatic heterocycles. The summed E-state index contributed by atoms with van der Waals surface area (Å²) in [6, 6.07) is 0. The van der Waals surface area contributed by atoms with Crippen LogP contribution in [0.25, 0.3) is 0 Å². The van der Waals surface area contributed by atoms with E-state index in [1.54, 1.807) is 0 Å². The quantitative estimate of drug-likeness (QED) is 0.907. The lowest BCUT2D eigenvalue weighted by Gasteiger charge is -2.16. The summed E-state index contributed by atoms with van der Waals surface area (Å²) in [5, 5.41) is 3.55. The Morgan fingerprint density at radius 3 is 2.61 bits per heavy atom. The van der Waals surface area contributed by atoms with Crippen LogP contribution in [0, 0.1) is 5.41 Å². The van der Waals surface area contributed by atoms with E-state index in [0.717, 1.165) is 19.6 Å². The van der Waals surface area contributed by atoms with Gasteiger partial charge in [-0.15, -0.1) is 0 Å². The summed E-state index contributed by atoms with van der Waals surface area (Å²) < 4.78 is 0. The smallest absolute Gasteiger partial charge is 0.231 e. The Bertz CT molecular complexity index is 440. The van der Waals surface area contributed by atoms with Crippen LogP contribution in [-0.4, -0.2) is 34.6 Å². The molecule has 0 radical (unpaired) electrons. The normalized spacial score (nSPS) is 21.1. The van der Waals surface area contributed by atoms with E-state index in [0.29, 0.717) is 17.3 Å². The summed E-state index contributed by atoms with van der Waals surface area (Å²) >= 11 is 5.97. The molecule has 2 fully saturated rings. The van der Waals surface area contributed by atoms with Gasteiger partial charge in [0.2, 0.25) is 17.2 Å². The SMILES string of the molecule is CC1(CNc2nc(Cl)nc(N3CCCC3)n2)CC1. The molecule has 0 bridgehead atoms. The van der Waals surface area contributed by atoms with Gasteiger partial charge in [0.1, 0.15) is 0 Å². The molecule has 2 heterocycles. The fourth-order valence-corrected chi connectivity index (χ4v) is 2.32.